The lowest BCUT2D eigenvalue weighted by Crippen LogP contribution is -2.24. The Hall–Kier alpha value is -0.890. The Balaban J connectivity index is 1.76. The van der Waals surface area contributed by atoms with Gasteiger partial charge in [0.1, 0.15) is 0 Å². The number of nitrogens with one attached hydrogen (secondary N) is 1. The smallest absolute Gasteiger partial charge is 0.0372 e. The summed E-state index contributed by atoms with van der Waals surface area (Å²) in [5, 5.41) is 3.57. The minimum Gasteiger partial charge on any atom is -0.314 e. The molecule has 1 unspecified atom stereocenters. The Bertz CT molecular complexity index is 301. The van der Waals surface area contributed by atoms with E-state index in [0.717, 1.165) is 24.7 Å². The Morgan fingerprint density at radius 3 is 2.87 bits per heavy atom. The summed E-state index contributed by atoms with van der Waals surface area (Å²) < 4.78 is 0. The van der Waals surface area contributed by atoms with Crippen LogP contribution in [0.2, 0.25) is 0 Å². The molecule has 2 rings (SSSR count). The lowest BCUT2D eigenvalue weighted by molar-refractivity contribution is 0.508. The molecule has 0 aromatic carbocycles. The van der Waals surface area contributed by atoms with Gasteiger partial charge in [0.2, 0.25) is 0 Å². The number of pyridine rings is 1. The van der Waals surface area contributed by atoms with Crippen LogP contribution in [0.25, 0.3) is 0 Å². The second kappa shape index (κ2) is 4.75. The first-order chi connectivity index (χ1) is 7.24. The minimum atomic E-state index is 0.704. The topological polar surface area (TPSA) is 24.9 Å². The van der Waals surface area contributed by atoms with Crippen molar-refractivity contribution in [3.63, 3.8) is 0 Å². The standard InChI is InChI=1S/C13H20N2/c1-10(8-15-13-5-6-13)7-12-4-3-11(2)14-9-12/h3-4,9-10,13,15H,5-8H2,1-2H3. The van der Waals surface area contributed by atoms with Crippen LogP contribution >= 0.6 is 0 Å². The van der Waals surface area contributed by atoms with Crippen LogP contribution < -0.4 is 5.32 Å². The number of aryl methyl sites for hydroxylation is 1. The van der Waals surface area contributed by atoms with Crippen molar-refractivity contribution in [2.24, 2.45) is 5.92 Å². The molecule has 1 saturated carbocycles. The summed E-state index contributed by atoms with van der Waals surface area (Å²) in [6, 6.07) is 5.11. The van der Waals surface area contributed by atoms with Gasteiger partial charge in [-0.3, -0.25) is 4.98 Å². The Morgan fingerprint density at radius 2 is 2.27 bits per heavy atom. The van der Waals surface area contributed by atoms with E-state index in [-0.39, 0.29) is 0 Å². The molecule has 0 spiro atoms. The van der Waals surface area contributed by atoms with Crippen molar-refractivity contribution >= 4 is 0 Å². The normalized spacial score (nSPS) is 17.7. The van der Waals surface area contributed by atoms with Gasteiger partial charge >= 0.3 is 0 Å². The van der Waals surface area contributed by atoms with E-state index in [0.29, 0.717) is 5.92 Å². The van der Waals surface area contributed by atoms with Crippen molar-refractivity contribution in [2.45, 2.75) is 39.2 Å². The highest BCUT2D eigenvalue weighted by atomic mass is 14.9. The lowest BCUT2D eigenvalue weighted by atomic mass is 10.0. The molecule has 15 heavy (non-hydrogen) atoms. The molecule has 1 aliphatic carbocycles. The third kappa shape index (κ3) is 3.63. The largest absolute Gasteiger partial charge is 0.314 e. The number of hydrogen-bond acceptors (Lipinski definition) is 2. The highest BCUT2D eigenvalue weighted by Crippen LogP contribution is 2.19. The molecule has 1 aromatic heterocycles. The van der Waals surface area contributed by atoms with E-state index >= 15 is 0 Å². The van der Waals surface area contributed by atoms with Crippen LogP contribution in [-0.2, 0) is 6.42 Å². The van der Waals surface area contributed by atoms with E-state index in [2.05, 4.69) is 29.4 Å². The van der Waals surface area contributed by atoms with E-state index in [1.54, 1.807) is 0 Å². The van der Waals surface area contributed by atoms with Crippen LogP contribution in [0.15, 0.2) is 18.3 Å². The molecule has 0 radical (unpaired) electrons. The highest BCUT2D eigenvalue weighted by molar-refractivity contribution is 5.13. The molecule has 0 saturated heterocycles. The van der Waals surface area contributed by atoms with Crippen molar-refractivity contribution < 1.29 is 0 Å². The van der Waals surface area contributed by atoms with Crippen LogP contribution in [0, 0.1) is 12.8 Å². The Kier molecular flexibility index (Phi) is 3.37. The van der Waals surface area contributed by atoms with Crippen LogP contribution in [0.1, 0.15) is 31.0 Å². The second-order valence-electron chi connectivity index (χ2n) is 4.80. The zero-order chi connectivity index (χ0) is 10.7. The van der Waals surface area contributed by atoms with Crippen LogP contribution in [0.4, 0.5) is 0 Å². The predicted octanol–water partition coefficient (Wildman–Crippen LogP) is 2.32. The highest BCUT2D eigenvalue weighted by Gasteiger charge is 2.20. The molecule has 0 bridgehead atoms. The molecule has 1 N–H and O–H groups in total. The van der Waals surface area contributed by atoms with Crippen molar-refractivity contribution in [3.05, 3.63) is 29.6 Å². The van der Waals surface area contributed by atoms with Crippen molar-refractivity contribution in [2.75, 3.05) is 6.54 Å². The lowest BCUT2D eigenvalue weighted by Gasteiger charge is -2.12. The first-order valence-corrected chi connectivity index (χ1v) is 5.89. The van der Waals surface area contributed by atoms with E-state index in [4.69, 9.17) is 0 Å². The number of aromatic nitrogens is 1. The van der Waals surface area contributed by atoms with E-state index in [1.165, 1.54) is 18.4 Å². The third-order valence-corrected chi connectivity index (χ3v) is 2.89. The number of nitrogens with zero attached hydrogens (tertiary/aromatic N) is 1. The molecule has 1 aliphatic rings. The number of rotatable bonds is 5. The zero-order valence-corrected chi connectivity index (χ0v) is 9.66. The quantitative estimate of drug-likeness (QED) is 0.796. The van der Waals surface area contributed by atoms with Gasteiger partial charge in [-0.15, -0.1) is 0 Å². The van der Waals surface area contributed by atoms with Crippen molar-refractivity contribution in [3.8, 4) is 0 Å². The second-order valence-corrected chi connectivity index (χ2v) is 4.80. The van der Waals surface area contributed by atoms with Gasteiger partial charge in [-0.05, 0) is 50.3 Å². The van der Waals surface area contributed by atoms with Gasteiger partial charge in [0.15, 0.2) is 0 Å². The fourth-order valence-corrected chi connectivity index (χ4v) is 1.75. The molecular formula is C13H20N2. The first-order valence-electron chi connectivity index (χ1n) is 5.89. The SMILES string of the molecule is Cc1ccc(CC(C)CNC2CC2)cn1. The van der Waals surface area contributed by atoms with Crippen LogP contribution in [0.5, 0.6) is 0 Å². The predicted molar refractivity (Wildman–Crippen MR) is 62.9 cm³/mol. The maximum Gasteiger partial charge on any atom is 0.0372 e. The zero-order valence-electron chi connectivity index (χ0n) is 9.66. The molecule has 0 aliphatic heterocycles. The molecule has 1 fully saturated rings. The Labute approximate surface area is 92.1 Å². The van der Waals surface area contributed by atoms with Gasteiger partial charge in [0.05, 0.1) is 0 Å². The van der Waals surface area contributed by atoms with Gasteiger partial charge in [0.25, 0.3) is 0 Å². The average Bonchev–Trinajstić information content (AvgIpc) is 3.02. The molecule has 2 nitrogen and oxygen atoms in total. The molecule has 2 heteroatoms. The third-order valence-electron chi connectivity index (χ3n) is 2.89. The summed E-state index contributed by atoms with van der Waals surface area (Å²) in [4.78, 5) is 4.32. The summed E-state index contributed by atoms with van der Waals surface area (Å²) in [5.74, 6) is 0.704. The Morgan fingerprint density at radius 1 is 1.47 bits per heavy atom. The fourth-order valence-electron chi connectivity index (χ4n) is 1.75. The summed E-state index contributed by atoms with van der Waals surface area (Å²) in [7, 11) is 0. The maximum atomic E-state index is 4.32. The van der Waals surface area contributed by atoms with E-state index < -0.39 is 0 Å². The average molecular weight is 204 g/mol. The molecule has 1 atom stereocenters. The summed E-state index contributed by atoms with van der Waals surface area (Å²) in [6.07, 6.45) is 5.88. The van der Waals surface area contributed by atoms with E-state index in [1.807, 2.05) is 13.1 Å². The number of hydrogen-bond donors (Lipinski definition) is 1. The maximum absolute atomic E-state index is 4.32. The molecule has 0 amide bonds. The molecule has 82 valence electrons. The van der Waals surface area contributed by atoms with Crippen LogP contribution in [0.3, 0.4) is 0 Å². The van der Waals surface area contributed by atoms with Crippen molar-refractivity contribution in [1.29, 1.82) is 0 Å². The fraction of sp³-hybridized carbons (Fsp3) is 0.615. The monoisotopic (exact) mass is 204 g/mol. The van der Waals surface area contributed by atoms with Gasteiger partial charge in [0, 0.05) is 17.9 Å². The summed E-state index contributed by atoms with van der Waals surface area (Å²) >= 11 is 0. The molecule has 1 aromatic rings. The summed E-state index contributed by atoms with van der Waals surface area (Å²) in [6.45, 7) is 5.47. The van der Waals surface area contributed by atoms with Gasteiger partial charge in [-0.1, -0.05) is 13.0 Å². The van der Waals surface area contributed by atoms with Gasteiger partial charge in [-0.25, -0.2) is 0 Å². The van der Waals surface area contributed by atoms with Crippen molar-refractivity contribution in [1.82, 2.24) is 10.3 Å². The molecular weight excluding hydrogens is 184 g/mol. The molecule has 1 heterocycles. The van der Waals surface area contributed by atoms with Crippen LogP contribution in [-0.4, -0.2) is 17.6 Å². The summed E-state index contributed by atoms with van der Waals surface area (Å²) in [5.41, 5.74) is 2.45. The first kappa shape index (κ1) is 10.6. The van der Waals surface area contributed by atoms with E-state index in [9.17, 15) is 0 Å². The van der Waals surface area contributed by atoms with Gasteiger partial charge in [-0.2, -0.15) is 0 Å². The minimum absolute atomic E-state index is 0.704. The van der Waals surface area contributed by atoms with Gasteiger partial charge < -0.3 is 5.32 Å².